The Morgan fingerprint density at radius 2 is 1.74 bits per heavy atom. The van der Waals surface area contributed by atoms with E-state index in [1.807, 2.05) is 0 Å². The second-order valence-electron chi connectivity index (χ2n) is 4.62. The van der Waals surface area contributed by atoms with Gasteiger partial charge in [0.05, 0.1) is 6.04 Å². The van der Waals surface area contributed by atoms with Gasteiger partial charge in [-0.15, -0.1) is 0 Å². The van der Waals surface area contributed by atoms with Gasteiger partial charge >= 0.3 is 5.97 Å². The summed E-state index contributed by atoms with van der Waals surface area (Å²) in [6.45, 7) is 2.11. The minimum Gasteiger partial charge on any atom is -0.481 e. The van der Waals surface area contributed by atoms with Gasteiger partial charge in [-0.2, -0.15) is 0 Å². The first-order chi connectivity index (χ1) is 8.97. The Labute approximate surface area is 113 Å². The van der Waals surface area contributed by atoms with Crippen molar-refractivity contribution in [1.29, 1.82) is 0 Å². The molecule has 0 unspecified atom stereocenters. The zero-order chi connectivity index (χ0) is 14.7. The number of hydrogen-bond acceptors (Lipinski definition) is 4. The van der Waals surface area contributed by atoms with Crippen LogP contribution in [-0.2, 0) is 14.4 Å². The predicted octanol–water partition coefficient (Wildman–Crippen LogP) is 1.18. The molecule has 0 saturated heterocycles. The predicted molar refractivity (Wildman–Crippen MR) is 71.4 cm³/mol. The highest BCUT2D eigenvalue weighted by atomic mass is 16.4. The van der Waals surface area contributed by atoms with Crippen LogP contribution in [0.25, 0.3) is 0 Å². The van der Waals surface area contributed by atoms with E-state index in [9.17, 15) is 14.4 Å². The molecule has 0 spiro atoms. The number of rotatable bonds is 10. The Kier molecular flexibility index (Phi) is 9.70. The molecule has 0 aliphatic rings. The van der Waals surface area contributed by atoms with Crippen molar-refractivity contribution in [2.24, 2.45) is 5.73 Å². The first-order valence-corrected chi connectivity index (χ1v) is 6.78. The van der Waals surface area contributed by atoms with Gasteiger partial charge < -0.3 is 10.8 Å². The normalized spacial score (nSPS) is 11.9. The van der Waals surface area contributed by atoms with Crippen molar-refractivity contribution >= 4 is 17.8 Å². The molecule has 0 radical (unpaired) electrons. The van der Waals surface area contributed by atoms with Crippen molar-refractivity contribution in [1.82, 2.24) is 5.32 Å². The number of carboxylic acid groups (broad SMARTS) is 1. The fraction of sp³-hybridized carbons (Fsp3) is 0.769. The van der Waals surface area contributed by atoms with Crippen LogP contribution < -0.4 is 11.1 Å². The zero-order valence-corrected chi connectivity index (χ0v) is 11.5. The van der Waals surface area contributed by atoms with E-state index in [0.29, 0.717) is 6.42 Å². The highest BCUT2D eigenvalue weighted by molar-refractivity contribution is 5.97. The van der Waals surface area contributed by atoms with Crippen LogP contribution in [0.15, 0.2) is 0 Å². The highest BCUT2D eigenvalue weighted by Gasteiger charge is 2.16. The van der Waals surface area contributed by atoms with Crippen molar-refractivity contribution in [3.63, 3.8) is 0 Å². The monoisotopic (exact) mass is 272 g/mol. The molecule has 4 N–H and O–H groups in total. The molecule has 0 aromatic rings. The fourth-order valence-electron chi connectivity index (χ4n) is 1.59. The molecule has 0 heterocycles. The molecule has 0 rings (SSSR count). The lowest BCUT2D eigenvalue weighted by Gasteiger charge is -2.10. The van der Waals surface area contributed by atoms with Crippen molar-refractivity contribution in [3.05, 3.63) is 0 Å². The summed E-state index contributed by atoms with van der Waals surface area (Å²) in [4.78, 5) is 33.2. The van der Waals surface area contributed by atoms with E-state index in [1.165, 1.54) is 0 Å². The molecule has 0 aromatic heterocycles. The van der Waals surface area contributed by atoms with E-state index in [2.05, 4.69) is 12.2 Å². The molecule has 0 aliphatic heterocycles. The molecule has 0 saturated carbocycles. The van der Waals surface area contributed by atoms with Gasteiger partial charge in [0.1, 0.15) is 0 Å². The number of amides is 2. The molecule has 0 aliphatic carbocycles. The molecule has 0 bridgehead atoms. The van der Waals surface area contributed by atoms with Crippen LogP contribution in [0.4, 0.5) is 0 Å². The van der Waals surface area contributed by atoms with Crippen molar-refractivity contribution < 1.29 is 19.5 Å². The third-order valence-corrected chi connectivity index (χ3v) is 2.78. The summed E-state index contributed by atoms with van der Waals surface area (Å²) >= 11 is 0. The van der Waals surface area contributed by atoms with Crippen LogP contribution >= 0.6 is 0 Å². The van der Waals surface area contributed by atoms with Gasteiger partial charge in [0.25, 0.3) is 0 Å². The van der Waals surface area contributed by atoms with E-state index < -0.39 is 17.9 Å². The molecule has 0 fully saturated rings. The Hall–Kier alpha value is -1.43. The molecular formula is C13H24N2O4. The van der Waals surface area contributed by atoms with Crippen molar-refractivity contribution in [2.45, 2.75) is 64.3 Å². The lowest BCUT2D eigenvalue weighted by atomic mass is 10.1. The second kappa shape index (κ2) is 10.5. The van der Waals surface area contributed by atoms with E-state index >= 15 is 0 Å². The summed E-state index contributed by atoms with van der Waals surface area (Å²) in [5, 5.41) is 10.7. The average Bonchev–Trinajstić information content (AvgIpc) is 2.35. The standard InChI is InChI=1S/C13H24N2O4/c1-2-3-4-5-6-7-11(16)15-13(19)10(14)8-9-12(17)18/h10H,2-9,14H2,1H3,(H,17,18)(H,15,16,19)/t10-/m0/s1. The van der Waals surface area contributed by atoms with Gasteiger partial charge in [-0.1, -0.05) is 32.6 Å². The third-order valence-electron chi connectivity index (χ3n) is 2.78. The first kappa shape index (κ1) is 17.6. The molecule has 110 valence electrons. The number of hydrogen-bond donors (Lipinski definition) is 3. The quantitative estimate of drug-likeness (QED) is 0.517. The molecule has 19 heavy (non-hydrogen) atoms. The third kappa shape index (κ3) is 10.2. The maximum atomic E-state index is 11.5. The molecular weight excluding hydrogens is 248 g/mol. The Balaban J connectivity index is 3.73. The molecule has 6 heteroatoms. The van der Waals surface area contributed by atoms with Gasteiger partial charge in [-0.05, 0) is 12.8 Å². The molecule has 6 nitrogen and oxygen atoms in total. The summed E-state index contributed by atoms with van der Waals surface area (Å²) in [6.07, 6.45) is 5.27. The Morgan fingerprint density at radius 3 is 2.32 bits per heavy atom. The summed E-state index contributed by atoms with van der Waals surface area (Å²) in [5.41, 5.74) is 5.48. The van der Waals surface area contributed by atoms with Gasteiger partial charge in [0.15, 0.2) is 0 Å². The van der Waals surface area contributed by atoms with E-state index in [-0.39, 0.29) is 18.7 Å². The van der Waals surface area contributed by atoms with E-state index in [0.717, 1.165) is 32.1 Å². The zero-order valence-electron chi connectivity index (χ0n) is 11.5. The lowest BCUT2D eigenvalue weighted by molar-refractivity contribution is -0.137. The smallest absolute Gasteiger partial charge is 0.303 e. The Bertz CT molecular complexity index is 305. The fourth-order valence-corrected chi connectivity index (χ4v) is 1.59. The number of carboxylic acids is 1. The first-order valence-electron chi connectivity index (χ1n) is 6.78. The van der Waals surface area contributed by atoms with Crippen LogP contribution in [0, 0.1) is 0 Å². The number of aliphatic carboxylic acids is 1. The van der Waals surface area contributed by atoms with E-state index in [4.69, 9.17) is 10.8 Å². The highest BCUT2D eigenvalue weighted by Crippen LogP contribution is 2.04. The number of nitrogens with one attached hydrogen (secondary N) is 1. The van der Waals surface area contributed by atoms with Crippen molar-refractivity contribution in [3.8, 4) is 0 Å². The van der Waals surface area contributed by atoms with Gasteiger partial charge in [0.2, 0.25) is 11.8 Å². The minimum absolute atomic E-state index is 0.0327. The topological polar surface area (TPSA) is 109 Å². The summed E-state index contributed by atoms with van der Waals surface area (Å²) < 4.78 is 0. The van der Waals surface area contributed by atoms with Gasteiger partial charge in [-0.25, -0.2) is 0 Å². The van der Waals surface area contributed by atoms with Gasteiger partial charge in [-0.3, -0.25) is 19.7 Å². The van der Waals surface area contributed by atoms with Crippen LogP contribution in [0.3, 0.4) is 0 Å². The lowest BCUT2D eigenvalue weighted by Crippen LogP contribution is -2.43. The summed E-state index contributed by atoms with van der Waals surface area (Å²) in [6, 6.07) is -0.944. The number of imide groups is 1. The number of carbonyl (C=O) groups is 3. The molecule has 0 aromatic carbocycles. The van der Waals surface area contributed by atoms with Crippen LogP contribution in [0.5, 0.6) is 0 Å². The van der Waals surface area contributed by atoms with Gasteiger partial charge in [0, 0.05) is 12.8 Å². The Morgan fingerprint density at radius 1 is 1.11 bits per heavy atom. The van der Waals surface area contributed by atoms with E-state index in [1.54, 1.807) is 0 Å². The van der Waals surface area contributed by atoms with Crippen LogP contribution in [0.1, 0.15) is 58.3 Å². The summed E-state index contributed by atoms with van der Waals surface area (Å²) in [5.74, 6) is -1.95. The molecule has 1 atom stereocenters. The SMILES string of the molecule is CCCCCCCC(=O)NC(=O)[C@@H](N)CCC(=O)O. The molecule has 2 amide bonds. The number of carbonyl (C=O) groups excluding carboxylic acids is 2. The largest absolute Gasteiger partial charge is 0.481 e. The second-order valence-corrected chi connectivity index (χ2v) is 4.62. The number of nitrogens with two attached hydrogens (primary N) is 1. The average molecular weight is 272 g/mol. The summed E-state index contributed by atoms with van der Waals surface area (Å²) in [7, 11) is 0. The maximum absolute atomic E-state index is 11.5. The van der Waals surface area contributed by atoms with Crippen molar-refractivity contribution in [2.75, 3.05) is 0 Å². The maximum Gasteiger partial charge on any atom is 0.303 e. The van der Waals surface area contributed by atoms with Crippen LogP contribution in [-0.4, -0.2) is 28.9 Å². The number of unbranched alkanes of at least 4 members (excludes halogenated alkanes) is 4. The minimum atomic E-state index is -1.01. The van der Waals surface area contributed by atoms with Crippen LogP contribution in [0.2, 0.25) is 0 Å².